The molecule has 2 nitrogen and oxygen atoms in total. The third-order valence-electron chi connectivity index (χ3n) is 4.72. The zero-order valence-electron chi connectivity index (χ0n) is 10.5. The van der Waals surface area contributed by atoms with E-state index in [1.807, 2.05) is 0 Å². The van der Waals surface area contributed by atoms with E-state index in [4.69, 9.17) is 4.74 Å². The molecule has 2 aliphatic carbocycles. The van der Waals surface area contributed by atoms with Gasteiger partial charge >= 0.3 is 5.97 Å². The Bertz CT molecular complexity index is 235. The molecule has 92 valence electrons. The minimum atomic E-state index is -0.104. The van der Waals surface area contributed by atoms with E-state index in [2.05, 4.69) is 0 Å². The highest BCUT2D eigenvalue weighted by atomic mass is 16.5. The Labute approximate surface area is 98.7 Å². The second-order valence-electron chi connectivity index (χ2n) is 5.54. The van der Waals surface area contributed by atoms with E-state index in [1.54, 1.807) is 7.11 Å². The van der Waals surface area contributed by atoms with Gasteiger partial charge in [0.25, 0.3) is 0 Å². The van der Waals surface area contributed by atoms with Crippen LogP contribution < -0.4 is 0 Å². The van der Waals surface area contributed by atoms with Crippen LogP contribution in [0.2, 0.25) is 0 Å². The lowest BCUT2D eigenvalue weighted by Crippen LogP contribution is -2.42. The maximum Gasteiger partial charge on any atom is 0.312 e. The molecule has 0 aromatic heterocycles. The van der Waals surface area contributed by atoms with Crippen molar-refractivity contribution in [1.29, 1.82) is 0 Å². The number of carbonyl (C=O) groups is 1. The summed E-state index contributed by atoms with van der Waals surface area (Å²) in [6, 6.07) is 0. The molecule has 2 heteroatoms. The van der Waals surface area contributed by atoms with Crippen LogP contribution in [-0.4, -0.2) is 13.1 Å². The van der Waals surface area contributed by atoms with E-state index in [9.17, 15) is 4.79 Å². The molecular formula is C14H24O2. The van der Waals surface area contributed by atoms with Crippen LogP contribution >= 0.6 is 0 Å². The average molecular weight is 224 g/mol. The molecule has 2 saturated carbocycles. The minimum Gasteiger partial charge on any atom is -0.469 e. The summed E-state index contributed by atoms with van der Waals surface area (Å²) in [4.78, 5) is 12.2. The fourth-order valence-corrected chi connectivity index (χ4v) is 3.82. The van der Waals surface area contributed by atoms with Crippen molar-refractivity contribution in [3.63, 3.8) is 0 Å². The lowest BCUT2D eigenvalue weighted by Gasteiger charge is -2.42. The van der Waals surface area contributed by atoms with Crippen molar-refractivity contribution < 1.29 is 9.53 Å². The van der Waals surface area contributed by atoms with Crippen molar-refractivity contribution in [2.75, 3.05) is 7.11 Å². The SMILES string of the molecule is COC(=O)C1(C2CCCCC2)CCCCC1. The maximum atomic E-state index is 12.2. The summed E-state index contributed by atoms with van der Waals surface area (Å²) in [7, 11) is 1.56. The van der Waals surface area contributed by atoms with Gasteiger partial charge in [-0.05, 0) is 31.6 Å². The van der Waals surface area contributed by atoms with Gasteiger partial charge in [-0.15, -0.1) is 0 Å². The summed E-state index contributed by atoms with van der Waals surface area (Å²) in [5, 5.41) is 0. The second-order valence-corrected chi connectivity index (χ2v) is 5.54. The molecule has 2 rings (SSSR count). The van der Waals surface area contributed by atoms with E-state index < -0.39 is 0 Å². The molecule has 0 aliphatic heterocycles. The summed E-state index contributed by atoms with van der Waals surface area (Å²) in [5.41, 5.74) is -0.104. The first-order valence-electron chi connectivity index (χ1n) is 6.88. The fourth-order valence-electron chi connectivity index (χ4n) is 3.82. The van der Waals surface area contributed by atoms with E-state index in [0.29, 0.717) is 5.92 Å². The molecule has 0 spiro atoms. The van der Waals surface area contributed by atoms with Gasteiger partial charge < -0.3 is 4.74 Å². The van der Waals surface area contributed by atoms with E-state index in [0.717, 1.165) is 12.8 Å². The highest BCUT2D eigenvalue weighted by Gasteiger charge is 2.46. The fraction of sp³-hybridized carbons (Fsp3) is 0.929. The molecule has 0 bridgehead atoms. The third-order valence-corrected chi connectivity index (χ3v) is 4.72. The highest BCUT2D eigenvalue weighted by Crippen LogP contribution is 2.48. The van der Waals surface area contributed by atoms with Crippen LogP contribution in [0.25, 0.3) is 0 Å². The molecule has 0 N–H and O–H groups in total. The first-order valence-corrected chi connectivity index (χ1v) is 6.88. The monoisotopic (exact) mass is 224 g/mol. The summed E-state index contributed by atoms with van der Waals surface area (Å²) >= 11 is 0. The predicted octanol–water partition coefficient (Wildman–Crippen LogP) is 3.69. The van der Waals surface area contributed by atoms with Crippen molar-refractivity contribution >= 4 is 5.97 Å². The lowest BCUT2D eigenvalue weighted by molar-refractivity contribution is -0.160. The van der Waals surface area contributed by atoms with Crippen molar-refractivity contribution in [3.05, 3.63) is 0 Å². The van der Waals surface area contributed by atoms with Crippen molar-refractivity contribution in [2.24, 2.45) is 11.3 Å². The van der Waals surface area contributed by atoms with Crippen LogP contribution in [0.1, 0.15) is 64.2 Å². The molecule has 0 heterocycles. The summed E-state index contributed by atoms with van der Waals surface area (Å²) in [6.45, 7) is 0. The summed E-state index contributed by atoms with van der Waals surface area (Å²) in [6.07, 6.45) is 12.3. The number of hydrogen-bond donors (Lipinski definition) is 0. The molecule has 0 amide bonds. The zero-order chi connectivity index (χ0) is 11.4. The van der Waals surface area contributed by atoms with Gasteiger partial charge in [0.15, 0.2) is 0 Å². The standard InChI is InChI=1S/C14H24O2/c1-16-13(15)14(10-6-3-7-11-14)12-8-4-2-5-9-12/h12H,2-11H2,1H3. The lowest BCUT2D eigenvalue weighted by atomic mass is 9.62. The number of hydrogen-bond acceptors (Lipinski definition) is 2. The Hall–Kier alpha value is -0.530. The Kier molecular flexibility index (Phi) is 3.88. The smallest absolute Gasteiger partial charge is 0.312 e. The first-order chi connectivity index (χ1) is 7.79. The first kappa shape index (κ1) is 11.9. The molecule has 0 unspecified atom stereocenters. The number of methoxy groups -OCH3 is 1. The van der Waals surface area contributed by atoms with Gasteiger partial charge in [0, 0.05) is 0 Å². The molecule has 2 aliphatic rings. The highest BCUT2D eigenvalue weighted by molar-refractivity contribution is 5.77. The Morgan fingerprint density at radius 3 is 2.12 bits per heavy atom. The van der Waals surface area contributed by atoms with Gasteiger partial charge in [0.05, 0.1) is 12.5 Å². The summed E-state index contributed by atoms with van der Waals surface area (Å²) < 4.78 is 5.11. The molecule has 0 atom stereocenters. The molecule has 0 aromatic carbocycles. The van der Waals surface area contributed by atoms with Crippen molar-refractivity contribution in [2.45, 2.75) is 64.2 Å². The molecular weight excluding hydrogens is 200 g/mol. The molecule has 0 radical (unpaired) electrons. The van der Waals surface area contributed by atoms with Crippen LogP contribution in [-0.2, 0) is 9.53 Å². The predicted molar refractivity (Wildman–Crippen MR) is 64.1 cm³/mol. The number of esters is 1. The summed E-state index contributed by atoms with van der Waals surface area (Å²) in [5.74, 6) is 0.688. The molecule has 0 saturated heterocycles. The third kappa shape index (κ3) is 2.11. The van der Waals surface area contributed by atoms with Gasteiger partial charge in [-0.2, -0.15) is 0 Å². The number of rotatable bonds is 2. The largest absolute Gasteiger partial charge is 0.469 e. The van der Waals surface area contributed by atoms with Gasteiger partial charge in [-0.25, -0.2) is 0 Å². The van der Waals surface area contributed by atoms with Crippen LogP contribution in [0.3, 0.4) is 0 Å². The Morgan fingerprint density at radius 1 is 1.00 bits per heavy atom. The number of carbonyl (C=O) groups excluding carboxylic acids is 1. The van der Waals surface area contributed by atoms with Gasteiger partial charge in [-0.1, -0.05) is 38.5 Å². The zero-order valence-corrected chi connectivity index (χ0v) is 10.5. The Balaban J connectivity index is 2.14. The topological polar surface area (TPSA) is 26.3 Å². The van der Waals surface area contributed by atoms with E-state index in [1.165, 1.54) is 51.4 Å². The van der Waals surface area contributed by atoms with Gasteiger partial charge in [0.1, 0.15) is 0 Å². The van der Waals surface area contributed by atoms with E-state index in [-0.39, 0.29) is 11.4 Å². The second kappa shape index (κ2) is 5.20. The van der Waals surface area contributed by atoms with Crippen LogP contribution in [0.4, 0.5) is 0 Å². The van der Waals surface area contributed by atoms with Gasteiger partial charge in [-0.3, -0.25) is 4.79 Å². The number of ether oxygens (including phenoxy) is 1. The maximum absolute atomic E-state index is 12.2. The Morgan fingerprint density at radius 2 is 1.56 bits per heavy atom. The molecule has 2 fully saturated rings. The van der Waals surface area contributed by atoms with Crippen LogP contribution in [0.15, 0.2) is 0 Å². The minimum absolute atomic E-state index is 0.0825. The average Bonchev–Trinajstić information content (AvgIpc) is 2.39. The van der Waals surface area contributed by atoms with Crippen molar-refractivity contribution in [1.82, 2.24) is 0 Å². The van der Waals surface area contributed by atoms with Crippen LogP contribution in [0.5, 0.6) is 0 Å². The van der Waals surface area contributed by atoms with E-state index >= 15 is 0 Å². The molecule has 0 aromatic rings. The normalized spacial score (nSPS) is 26.3. The van der Waals surface area contributed by atoms with Crippen molar-refractivity contribution in [3.8, 4) is 0 Å². The van der Waals surface area contributed by atoms with Crippen LogP contribution in [0, 0.1) is 11.3 Å². The van der Waals surface area contributed by atoms with Gasteiger partial charge in [0.2, 0.25) is 0 Å². The molecule has 16 heavy (non-hydrogen) atoms. The quantitative estimate of drug-likeness (QED) is 0.669.